The first-order valence-electron chi connectivity index (χ1n) is 5.97. The maximum atomic E-state index is 12.1. The quantitative estimate of drug-likeness (QED) is 0.813. The SMILES string of the molecule is CC(=O)c1cccc(S(=O)(=O)NCCc2cocn2)c1. The number of oxazole rings is 1. The summed E-state index contributed by atoms with van der Waals surface area (Å²) < 4.78 is 31.4. The molecule has 0 aliphatic heterocycles. The van der Waals surface area contributed by atoms with Crippen molar-refractivity contribution in [2.24, 2.45) is 0 Å². The van der Waals surface area contributed by atoms with E-state index in [1.807, 2.05) is 0 Å². The van der Waals surface area contributed by atoms with Gasteiger partial charge in [0.1, 0.15) is 6.26 Å². The van der Waals surface area contributed by atoms with Gasteiger partial charge >= 0.3 is 0 Å². The van der Waals surface area contributed by atoms with Crippen LogP contribution < -0.4 is 4.72 Å². The van der Waals surface area contributed by atoms with Crippen molar-refractivity contribution in [3.05, 3.63) is 48.2 Å². The summed E-state index contributed by atoms with van der Waals surface area (Å²) in [6.45, 7) is 1.60. The number of aromatic nitrogens is 1. The van der Waals surface area contributed by atoms with E-state index in [9.17, 15) is 13.2 Å². The van der Waals surface area contributed by atoms with E-state index in [4.69, 9.17) is 4.42 Å². The van der Waals surface area contributed by atoms with Gasteiger partial charge in [-0.25, -0.2) is 18.1 Å². The predicted octanol–water partition coefficient (Wildman–Crippen LogP) is 1.40. The van der Waals surface area contributed by atoms with E-state index in [2.05, 4.69) is 9.71 Å². The first-order chi connectivity index (χ1) is 9.49. The molecule has 1 N–H and O–H groups in total. The van der Waals surface area contributed by atoms with Crippen molar-refractivity contribution >= 4 is 15.8 Å². The molecule has 0 spiro atoms. The zero-order chi connectivity index (χ0) is 14.6. The van der Waals surface area contributed by atoms with Gasteiger partial charge in [0.25, 0.3) is 0 Å². The molecule has 6 nitrogen and oxygen atoms in total. The van der Waals surface area contributed by atoms with Crippen molar-refractivity contribution in [3.8, 4) is 0 Å². The Morgan fingerprint density at radius 2 is 2.20 bits per heavy atom. The summed E-state index contributed by atoms with van der Waals surface area (Å²) in [4.78, 5) is 15.2. The Balaban J connectivity index is 2.06. The Kier molecular flexibility index (Phi) is 4.31. The van der Waals surface area contributed by atoms with E-state index >= 15 is 0 Å². The molecule has 1 aromatic carbocycles. The number of nitrogens with zero attached hydrogens (tertiary/aromatic N) is 1. The lowest BCUT2D eigenvalue weighted by atomic mass is 10.2. The Morgan fingerprint density at radius 1 is 1.40 bits per heavy atom. The van der Waals surface area contributed by atoms with E-state index in [-0.39, 0.29) is 17.2 Å². The minimum Gasteiger partial charge on any atom is -0.451 e. The Morgan fingerprint density at radius 3 is 2.85 bits per heavy atom. The lowest BCUT2D eigenvalue weighted by Gasteiger charge is -2.06. The van der Waals surface area contributed by atoms with Crippen LogP contribution in [-0.4, -0.2) is 25.7 Å². The van der Waals surface area contributed by atoms with Crippen LogP contribution in [0.25, 0.3) is 0 Å². The molecule has 0 unspecified atom stereocenters. The highest BCUT2D eigenvalue weighted by atomic mass is 32.2. The van der Waals surface area contributed by atoms with Gasteiger partial charge in [-0.15, -0.1) is 0 Å². The summed E-state index contributed by atoms with van der Waals surface area (Å²) in [6.07, 6.45) is 3.19. The summed E-state index contributed by atoms with van der Waals surface area (Å²) in [5, 5.41) is 0. The number of carbonyl (C=O) groups is 1. The fraction of sp³-hybridized carbons (Fsp3) is 0.231. The van der Waals surface area contributed by atoms with Gasteiger partial charge in [-0.05, 0) is 19.1 Å². The van der Waals surface area contributed by atoms with Crippen LogP contribution in [0.1, 0.15) is 23.0 Å². The highest BCUT2D eigenvalue weighted by Crippen LogP contribution is 2.12. The van der Waals surface area contributed by atoms with Crippen molar-refractivity contribution in [3.63, 3.8) is 0 Å². The highest BCUT2D eigenvalue weighted by molar-refractivity contribution is 7.89. The minimum absolute atomic E-state index is 0.0744. The lowest BCUT2D eigenvalue weighted by molar-refractivity contribution is 0.101. The summed E-state index contributed by atoms with van der Waals surface area (Å²) in [6, 6.07) is 5.94. The summed E-state index contributed by atoms with van der Waals surface area (Å²) in [7, 11) is -3.63. The van der Waals surface area contributed by atoms with Gasteiger partial charge in [0.05, 0.1) is 10.6 Å². The summed E-state index contributed by atoms with van der Waals surface area (Å²) >= 11 is 0. The zero-order valence-electron chi connectivity index (χ0n) is 10.9. The Hall–Kier alpha value is -1.99. The number of carbonyl (C=O) groups excluding carboxylic acids is 1. The molecular weight excluding hydrogens is 280 g/mol. The van der Waals surface area contributed by atoms with Gasteiger partial charge in [0.2, 0.25) is 10.0 Å². The molecule has 1 aromatic heterocycles. The maximum Gasteiger partial charge on any atom is 0.240 e. The molecule has 0 saturated carbocycles. The van der Waals surface area contributed by atoms with E-state index in [0.29, 0.717) is 17.7 Å². The Bertz CT molecular complexity index is 693. The normalized spacial score (nSPS) is 11.4. The van der Waals surface area contributed by atoms with Gasteiger partial charge in [-0.3, -0.25) is 4.79 Å². The molecule has 0 saturated heterocycles. The van der Waals surface area contributed by atoms with Crippen molar-refractivity contribution in [1.82, 2.24) is 9.71 Å². The van der Waals surface area contributed by atoms with Gasteiger partial charge in [-0.2, -0.15) is 0 Å². The highest BCUT2D eigenvalue weighted by Gasteiger charge is 2.14. The summed E-state index contributed by atoms with van der Waals surface area (Å²) in [5.74, 6) is -0.176. The third kappa shape index (κ3) is 3.52. The smallest absolute Gasteiger partial charge is 0.240 e. The number of nitrogens with one attached hydrogen (secondary N) is 1. The fourth-order valence-electron chi connectivity index (χ4n) is 1.64. The standard InChI is InChI=1S/C13H14N2O4S/c1-10(16)11-3-2-4-13(7-11)20(17,18)15-6-5-12-8-19-9-14-12/h2-4,7-9,15H,5-6H2,1H3. The van der Waals surface area contributed by atoms with Gasteiger partial charge < -0.3 is 4.42 Å². The molecule has 0 aliphatic carbocycles. The van der Waals surface area contributed by atoms with Crippen LogP contribution >= 0.6 is 0 Å². The maximum absolute atomic E-state index is 12.1. The molecule has 0 atom stereocenters. The fourth-order valence-corrected chi connectivity index (χ4v) is 2.72. The molecule has 0 aliphatic rings. The molecule has 0 radical (unpaired) electrons. The van der Waals surface area contributed by atoms with E-state index < -0.39 is 10.0 Å². The van der Waals surface area contributed by atoms with Crippen LogP contribution in [-0.2, 0) is 16.4 Å². The summed E-state index contributed by atoms with van der Waals surface area (Å²) in [5.41, 5.74) is 1.04. The molecule has 2 rings (SSSR count). The topological polar surface area (TPSA) is 89.3 Å². The van der Waals surface area contributed by atoms with Gasteiger partial charge in [0.15, 0.2) is 12.2 Å². The molecule has 106 valence electrons. The van der Waals surface area contributed by atoms with Crippen LogP contribution in [0.2, 0.25) is 0 Å². The van der Waals surface area contributed by atoms with Crippen LogP contribution in [0.4, 0.5) is 0 Å². The van der Waals surface area contributed by atoms with Crippen LogP contribution in [0.3, 0.4) is 0 Å². The third-order valence-corrected chi connectivity index (χ3v) is 4.17. The average Bonchev–Trinajstić information content (AvgIpc) is 2.92. The number of hydrogen-bond acceptors (Lipinski definition) is 5. The van der Waals surface area contributed by atoms with Crippen LogP contribution in [0, 0.1) is 0 Å². The Labute approximate surface area is 116 Å². The number of ketones is 1. The van der Waals surface area contributed by atoms with Gasteiger partial charge in [0, 0.05) is 18.5 Å². The lowest BCUT2D eigenvalue weighted by Crippen LogP contribution is -2.26. The van der Waals surface area contributed by atoms with E-state index in [1.54, 1.807) is 12.1 Å². The van der Waals surface area contributed by atoms with Crippen molar-refractivity contribution in [2.75, 3.05) is 6.54 Å². The first kappa shape index (κ1) is 14.4. The number of hydrogen-bond donors (Lipinski definition) is 1. The third-order valence-electron chi connectivity index (χ3n) is 2.71. The molecule has 1 heterocycles. The molecule has 20 heavy (non-hydrogen) atoms. The molecule has 7 heteroatoms. The second-order valence-corrected chi connectivity index (χ2v) is 5.98. The number of benzene rings is 1. The first-order valence-corrected chi connectivity index (χ1v) is 7.45. The van der Waals surface area contributed by atoms with Crippen molar-refractivity contribution < 1.29 is 17.6 Å². The van der Waals surface area contributed by atoms with Gasteiger partial charge in [-0.1, -0.05) is 12.1 Å². The number of rotatable bonds is 6. The van der Waals surface area contributed by atoms with Crippen molar-refractivity contribution in [2.45, 2.75) is 18.2 Å². The molecular formula is C13H14N2O4S. The van der Waals surface area contributed by atoms with Crippen molar-refractivity contribution in [1.29, 1.82) is 0 Å². The molecule has 0 fully saturated rings. The minimum atomic E-state index is -3.63. The molecule has 2 aromatic rings. The monoisotopic (exact) mass is 294 g/mol. The van der Waals surface area contributed by atoms with Crippen LogP contribution in [0.15, 0.2) is 46.2 Å². The second-order valence-electron chi connectivity index (χ2n) is 4.21. The predicted molar refractivity (Wildman–Crippen MR) is 71.8 cm³/mol. The number of Topliss-reactive ketones (excluding diaryl/α,β-unsaturated/α-hetero) is 1. The largest absolute Gasteiger partial charge is 0.451 e. The molecule has 0 amide bonds. The number of sulfonamides is 1. The van der Waals surface area contributed by atoms with E-state index in [0.717, 1.165) is 0 Å². The van der Waals surface area contributed by atoms with Crippen LogP contribution in [0.5, 0.6) is 0 Å². The average molecular weight is 294 g/mol. The van der Waals surface area contributed by atoms with E-state index in [1.165, 1.54) is 31.7 Å². The second kappa shape index (κ2) is 5.98. The molecule has 0 bridgehead atoms. The zero-order valence-corrected chi connectivity index (χ0v) is 11.7.